The Labute approximate surface area is 109 Å². The average molecular weight is 295 g/mol. The SMILES string of the molecule is CCc1oc(-c2cc(Br)cc(N)c2C)nc1C. The molecule has 2 N–H and O–H groups in total. The number of nitrogen functional groups attached to an aromatic ring is 1. The lowest BCUT2D eigenvalue weighted by atomic mass is 10.1. The number of aromatic nitrogens is 1. The van der Waals surface area contributed by atoms with E-state index in [4.69, 9.17) is 10.2 Å². The van der Waals surface area contributed by atoms with Gasteiger partial charge in [0.2, 0.25) is 5.89 Å². The van der Waals surface area contributed by atoms with Gasteiger partial charge in [0.1, 0.15) is 5.76 Å². The molecule has 0 atom stereocenters. The van der Waals surface area contributed by atoms with Crippen LogP contribution in [0.4, 0.5) is 5.69 Å². The van der Waals surface area contributed by atoms with Gasteiger partial charge in [-0.2, -0.15) is 0 Å². The Hall–Kier alpha value is -1.29. The highest BCUT2D eigenvalue weighted by molar-refractivity contribution is 9.10. The molecule has 3 nitrogen and oxygen atoms in total. The third-order valence-corrected chi connectivity index (χ3v) is 3.31. The minimum Gasteiger partial charge on any atom is -0.441 e. The lowest BCUT2D eigenvalue weighted by Crippen LogP contribution is -1.93. The number of hydrogen-bond donors (Lipinski definition) is 1. The first-order chi connectivity index (χ1) is 8.02. The van der Waals surface area contributed by atoms with Crippen molar-refractivity contribution in [1.29, 1.82) is 0 Å². The van der Waals surface area contributed by atoms with Crippen LogP contribution in [-0.2, 0) is 6.42 Å². The molecule has 0 aliphatic heterocycles. The molecule has 0 saturated heterocycles. The minimum atomic E-state index is 0.643. The first kappa shape index (κ1) is 12.2. The van der Waals surface area contributed by atoms with Gasteiger partial charge in [0.15, 0.2) is 0 Å². The first-order valence-electron chi connectivity index (χ1n) is 5.55. The van der Waals surface area contributed by atoms with Crippen LogP contribution in [0.2, 0.25) is 0 Å². The van der Waals surface area contributed by atoms with Crippen LogP contribution < -0.4 is 5.73 Å². The van der Waals surface area contributed by atoms with Crippen LogP contribution >= 0.6 is 15.9 Å². The van der Waals surface area contributed by atoms with Crippen LogP contribution in [0.5, 0.6) is 0 Å². The zero-order valence-electron chi connectivity index (χ0n) is 10.2. The van der Waals surface area contributed by atoms with E-state index in [1.165, 1.54) is 0 Å². The van der Waals surface area contributed by atoms with Crippen molar-refractivity contribution in [3.8, 4) is 11.5 Å². The molecule has 0 bridgehead atoms. The summed E-state index contributed by atoms with van der Waals surface area (Å²) in [6, 6.07) is 3.87. The summed E-state index contributed by atoms with van der Waals surface area (Å²) in [5, 5.41) is 0. The summed E-state index contributed by atoms with van der Waals surface area (Å²) < 4.78 is 6.69. The molecule has 90 valence electrons. The predicted molar refractivity (Wildman–Crippen MR) is 72.9 cm³/mol. The van der Waals surface area contributed by atoms with Crippen LogP contribution in [0, 0.1) is 13.8 Å². The normalized spacial score (nSPS) is 10.8. The second-order valence-corrected chi connectivity index (χ2v) is 4.96. The number of nitrogens with zero attached hydrogens (tertiary/aromatic N) is 1. The van der Waals surface area contributed by atoms with E-state index in [1.807, 2.05) is 26.0 Å². The first-order valence-corrected chi connectivity index (χ1v) is 6.34. The molecule has 0 amide bonds. The molecule has 1 aromatic heterocycles. The highest BCUT2D eigenvalue weighted by Crippen LogP contribution is 2.31. The third-order valence-electron chi connectivity index (χ3n) is 2.86. The van der Waals surface area contributed by atoms with E-state index in [-0.39, 0.29) is 0 Å². The van der Waals surface area contributed by atoms with E-state index in [0.717, 1.165) is 39.2 Å². The van der Waals surface area contributed by atoms with Crippen molar-refractivity contribution < 1.29 is 4.42 Å². The highest BCUT2D eigenvalue weighted by atomic mass is 79.9. The van der Waals surface area contributed by atoms with Gasteiger partial charge in [0.05, 0.1) is 5.69 Å². The van der Waals surface area contributed by atoms with Gasteiger partial charge in [-0.05, 0) is 31.5 Å². The molecule has 0 aliphatic carbocycles. The second kappa shape index (κ2) is 4.53. The number of benzene rings is 1. The molecule has 0 radical (unpaired) electrons. The van der Waals surface area contributed by atoms with Crippen LogP contribution in [0.25, 0.3) is 11.5 Å². The quantitative estimate of drug-likeness (QED) is 0.856. The van der Waals surface area contributed by atoms with Crippen molar-refractivity contribution >= 4 is 21.6 Å². The van der Waals surface area contributed by atoms with E-state index in [1.54, 1.807) is 0 Å². The molecule has 0 unspecified atom stereocenters. The van der Waals surface area contributed by atoms with Gasteiger partial charge in [0, 0.05) is 22.1 Å². The molecule has 0 aliphatic rings. The Morgan fingerprint density at radius 1 is 1.35 bits per heavy atom. The Balaban J connectivity index is 2.59. The van der Waals surface area contributed by atoms with Crippen molar-refractivity contribution in [3.05, 3.63) is 33.6 Å². The maximum Gasteiger partial charge on any atom is 0.226 e. The third kappa shape index (κ3) is 2.22. The van der Waals surface area contributed by atoms with Crippen LogP contribution in [0.3, 0.4) is 0 Å². The monoisotopic (exact) mass is 294 g/mol. The number of halogens is 1. The number of anilines is 1. The van der Waals surface area contributed by atoms with Crippen molar-refractivity contribution in [2.24, 2.45) is 0 Å². The zero-order chi connectivity index (χ0) is 12.6. The molecule has 4 heteroatoms. The molecule has 0 saturated carbocycles. The molecular weight excluding hydrogens is 280 g/mol. The Bertz CT molecular complexity index is 561. The van der Waals surface area contributed by atoms with Crippen LogP contribution in [0.15, 0.2) is 21.0 Å². The Morgan fingerprint density at radius 3 is 2.65 bits per heavy atom. The summed E-state index contributed by atoms with van der Waals surface area (Å²) in [5.41, 5.74) is 9.56. The lowest BCUT2D eigenvalue weighted by Gasteiger charge is -2.06. The fourth-order valence-electron chi connectivity index (χ4n) is 1.79. The van der Waals surface area contributed by atoms with E-state index in [0.29, 0.717) is 5.89 Å². The van der Waals surface area contributed by atoms with Gasteiger partial charge in [-0.25, -0.2) is 4.98 Å². The van der Waals surface area contributed by atoms with Crippen molar-refractivity contribution in [3.63, 3.8) is 0 Å². The molecule has 17 heavy (non-hydrogen) atoms. The summed E-state index contributed by atoms with van der Waals surface area (Å²) in [4.78, 5) is 4.45. The average Bonchev–Trinajstić information content (AvgIpc) is 2.64. The van der Waals surface area contributed by atoms with Gasteiger partial charge in [-0.1, -0.05) is 22.9 Å². The molecule has 1 heterocycles. The van der Waals surface area contributed by atoms with Crippen LogP contribution in [0.1, 0.15) is 23.9 Å². The fourth-order valence-corrected chi connectivity index (χ4v) is 2.27. The van der Waals surface area contributed by atoms with Crippen molar-refractivity contribution in [2.75, 3.05) is 5.73 Å². The van der Waals surface area contributed by atoms with E-state index < -0.39 is 0 Å². The van der Waals surface area contributed by atoms with Gasteiger partial charge in [0.25, 0.3) is 0 Å². The number of hydrogen-bond acceptors (Lipinski definition) is 3. The van der Waals surface area contributed by atoms with Gasteiger partial charge in [-0.3, -0.25) is 0 Å². The van der Waals surface area contributed by atoms with Crippen LogP contribution in [-0.4, -0.2) is 4.98 Å². The summed E-state index contributed by atoms with van der Waals surface area (Å²) in [5.74, 6) is 1.57. The molecule has 2 aromatic rings. The van der Waals surface area contributed by atoms with Gasteiger partial charge in [-0.15, -0.1) is 0 Å². The minimum absolute atomic E-state index is 0.643. The highest BCUT2D eigenvalue weighted by Gasteiger charge is 2.14. The maximum absolute atomic E-state index is 5.94. The summed E-state index contributed by atoms with van der Waals surface area (Å²) in [6.45, 7) is 5.99. The Kier molecular flexibility index (Phi) is 3.24. The number of oxazole rings is 1. The maximum atomic E-state index is 5.94. The summed E-state index contributed by atoms with van der Waals surface area (Å²) in [7, 11) is 0. The standard InChI is InChI=1S/C13H15BrN2O/c1-4-12-8(3)16-13(17-12)10-5-9(14)6-11(15)7(10)2/h5-6H,4,15H2,1-3H3. The zero-order valence-corrected chi connectivity index (χ0v) is 11.8. The summed E-state index contributed by atoms with van der Waals surface area (Å²) in [6.07, 6.45) is 0.849. The molecule has 0 spiro atoms. The second-order valence-electron chi connectivity index (χ2n) is 4.05. The smallest absolute Gasteiger partial charge is 0.226 e. The molecule has 2 rings (SSSR count). The van der Waals surface area contributed by atoms with Crippen molar-refractivity contribution in [1.82, 2.24) is 4.98 Å². The topological polar surface area (TPSA) is 52.0 Å². The van der Waals surface area contributed by atoms with E-state index in [2.05, 4.69) is 27.8 Å². The Morgan fingerprint density at radius 2 is 2.06 bits per heavy atom. The molecule has 1 aromatic carbocycles. The van der Waals surface area contributed by atoms with Crippen molar-refractivity contribution in [2.45, 2.75) is 27.2 Å². The molecular formula is C13H15BrN2O. The van der Waals surface area contributed by atoms with E-state index in [9.17, 15) is 0 Å². The largest absolute Gasteiger partial charge is 0.441 e. The number of nitrogens with two attached hydrogens (primary N) is 1. The fraction of sp³-hybridized carbons (Fsp3) is 0.308. The number of rotatable bonds is 2. The predicted octanol–water partition coefficient (Wildman–Crippen LogP) is 3.87. The van der Waals surface area contributed by atoms with Gasteiger partial charge >= 0.3 is 0 Å². The number of aryl methyl sites for hydroxylation is 2. The van der Waals surface area contributed by atoms with Gasteiger partial charge < -0.3 is 10.2 Å². The van der Waals surface area contributed by atoms with E-state index >= 15 is 0 Å². The lowest BCUT2D eigenvalue weighted by molar-refractivity contribution is 0.522. The summed E-state index contributed by atoms with van der Waals surface area (Å²) >= 11 is 3.44. The molecule has 0 fully saturated rings.